The van der Waals surface area contributed by atoms with Crippen LogP contribution in [0.5, 0.6) is 5.88 Å². The summed E-state index contributed by atoms with van der Waals surface area (Å²) in [7, 11) is 0. The van der Waals surface area contributed by atoms with Crippen molar-refractivity contribution in [2.24, 2.45) is 5.92 Å². The minimum Gasteiger partial charge on any atom is -0.478 e. The third-order valence-corrected chi connectivity index (χ3v) is 3.34. The molecule has 5 nitrogen and oxygen atoms in total. The van der Waals surface area contributed by atoms with Crippen LogP contribution in [0.1, 0.15) is 46.7 Å². The molecule has 0 aliphatic heterocycles. The summed E-state index contributed by atoms with van der Waals surface area (Å²) in [5, 5.41) is 2.93. The summed E-state index contributed by atoms with van der Waals surface area (Å²) < 4.78 is 11.1. The van der Waals surface area contributed by atoms with Crippen LogP contribution in [0.4, 0.5) is 5.69 Å². The molecule has 1 aromatic rings. The number of carbonyl (C=O) groups is 1. The Morgan fingerprint density at radius 3 is 2.50 bits per heavy atom. The van der Waals surface area contributed by atoms with Gasteiger partial charge in [0.25, 0.3) is 5.91 Å². The summed E-state index contributed by atoms with van der Waals surface area (Å²) in [5.41, 5.74) is 0.569. The molecule has 0 saturated carbocycles. The number of rotatable bonds is 8. The highest BCUT2D eigenvalue weighted by Crippen LogP contribution is 2.25. The van der Waals surface area contributed by atoms with E-state index in [1.807, 2.05) is 33.8 Å². The van der Waals surface area contributed by atoms with Crippen LogP contribution in [0.3, 0.4) is 0 Å². The first-order chi connectivity index (χ1) is 10.3. The van der Waals surface area contributed by atoms with Gasteiger partial charge in [-0.2, -0.15) is 0 Å². The maximum Gasteiger partial charge on any atom is 0.256 e. The Bertz CT molecular complexity index is 503. The molecule has 124 valence electrons. The monoisotopic (exact) mass is 308 g/mol. The molecule has 0 aliphatic carbocycles. The molecule has 22 heavy (non-hydrogen) atoms. The van der Waals surface area contributed by atoms with E-state index < -0.39 is 5.60 Å². The molecular formula is C17H28N2O3. The summed E-state index contributed by atoms with van der Waals surface area (Å²) in [6, 6.07) is 3.57. The number of amides is 1. The molecule has 0 fully saturated rings. The molecule has 1 aromatic heterocycles. The fraction of sp³-hybridized carbons (Fsp3) is 0.647. The highest BCUT2D eigenvalue weighted by molar-refractivity contribution is 5.97. The lowest BCUT2D eigenvalue weighted by Gasteiger charge is -2.30. The molecule has 5 heteroatoms. The van der Waals surface area contributed by atoms with Crippen LogP contribution in [0.2, 0.25) is 0 Å². The third-order valence-electron chi connectivity index (χ3n) is 3.34. The quantitative estimate of drug-likeness (QED) is 0.797. The maximum absolute atomic E-state index is 12.6. The van der Waals surface area contributed by atoms with Crippen LogP contribution in [0, 0.1) is 12.8 Å². The second kappa shape index (κ2) is 8.13. The van der Waals surface area contributed by atoms with Gasteiger partial charge in [-0.1, -0.05) is 13.8 Å². The summed E-state index contributed by atoms with van der Waals surface area (Å²) in [5.74, 6) is 0.784. The maximum atomic E-state index is 12.6. The number of carbonyl (C=O) groups excluding carboxylic acids is 1. The van der Waals surface area contributed by atoms with E-state index in [-0.39, 0.29) is 5.91 Å². The minimum atomic E-state index is -0.839. The number of hydrogen-bond acceptors (Lipinski definition) is 4. The number of hydrogen-bond donors (Lipinski definition) is 1. The Morgan fingerprint density at radius 2 is 2.00 bits per heavy atom. The standard InChI is InChI=1S/C17H28N2O3/c1-7-21-15-10-9-14(13(5)18-15)19-16(20)17(6,22-8-2)11-12(3)4/h9-10,12H,7-8,11H2,1-6H3,(H,19,20)/t17-/m0/s1. The second-order valence-corrected chi connectivity index (χ2v) is 5.93. The molecule has 1 heterocycles. The van der Waals surface area contributed by atoms with Gasteiger partial charge in [0.05, 0.1) is 18.0 Å². The molecule has 1 atom stereocenters. The van der Waals surface area contributed by atoms with Gasteiger partial charge >= 0.3 is 0 Å². The molecule has 0 saturated heterocycles. The largest absolute Gasteiger partial charge is 0.478 e. The van der Waals surface area contributed by atoms with Crippen molar-refractivity contribution in [1.29, 1.82) is 0 Å². The Hall–Kier alpha value is -1.62. The number of nitrogens with zero attached hydrogens (tertiary/aromatic N) is 1. The third kappa shape index (κ3) is 4.98. The molecule has 1 rings (SSSR count). The normalized spacial score (nSPS) is 13.8. The van der Waals surface area contributed by atoms with Crippen LogP contribution in [-0.4, -0.2) is 29.7 Å². The predicted molar refractivity (Wildman–Crippen MR) is 88.3 cm³/mol. The van der Waals surface area contributed by atoms with E-state index in [0.29, 0.717) is 37.1 Å². The zero-order valence-electron chi connectivity index (χ0n) is 14.5. The van der Waals surface area contributed by atoms with E-state index in [1.165, 1.54) is 0 Å². The van der Waals surface area contributed by atoms with Crippen molar-refractivity contribution in [2.45, 2.75) is 53.6 Å². The Labute approximate surface area is 133 Å². The Kier molecular flexibility index (Phi) is 6.81. The zero-order valence-corrected chi connectivity index (χ0v) is 14.5. The van der Waals surface area contributed by atoms with Crippen LogP contribution < -0.4 is 10.1 Å². The number of aryl methyl sites for hydroxylation is 1. The van der Waals surface area contributed by atoms with E-state index in [9.17, 15) is 4.79 Å². The molecule has 0 unspecified atom stereocenters. The predicted octanol–water partition coefficient (Wildman–Crippen LogP) is 3.57. The van der Waals surface area contributed by atoms with E-state index in [2.05, 4.69) is 24.1 Å². The van der Waals surface area contributed by atoms with E-state index in [0.717, 1.165) is 5.69 Å². The van der Waals surface area contributed by atoms with Gasteiger partial charge in [0, 0.05) is 12.7 Å². The number of anilines is 1. The number of nitrogens with one attached hydrogen (secondary N) is 1. The first-order valence-corrected chi connectivity index (χ1v) is 7.88. The second-order valence-electron chi connectivity index (χ2n) is 5.93. The first kappa shape index (κ1) is 18.4. The molecular weight excluding hydrogens is 280 g/mol. The lowest BCUT2D eigenvalue weighted by Crippen LogP contribution is -2.44. The molecule has 1 N–H and O–H groups in total. The van der Waals surface area contributed by atoms with Crippen molar-refractivity contribution in [1.82, 2.24) is 4.98 Å². The number of pyridine rings is 1. The van der Waals surface area contributed by atoms with Gasteiger partial charge in [-0.05, 0) is 46.1 Å². The van der Waals surface area contributed by atoms with E-state index in [1.54, 1.807) is 6.07 Å². The van der Waals surface area contributed by atoms with Crippen molar-refractivity contribution in [2.75, 3.05) is 18.5 Å². The van der Waals surface area contributed by atoms with E-state index >= 15 is 0 Å². The molecule has 0 radical (unpaired) electrons. The van der Waals surface area contributed by atoms with Crippen LogP contribution in [0.25, 0.3) is 0 Å². The highest BCUT2D eigenvalue weighted by Gasteiger charge is 2.35. The average Bonchev–Trinajstić information content (AvgIpc) is 2.41. The molecule has 0 aromatic carbocycles. The Balaban J connectivity index is 2.89. The van der Waals surface area contributed by atoms with Gasteiger partial charge in [0.1, 0.15) is 5.60 Å². The topological polar surface area (TPSA) is 60.5 Å². The summed E-state index contributed by atoms with van der Waals surface area (Å²) >= 11 is 0. The lowest BCUT2D eigenvalue weighted by atomic mass is 9.93. The highest BCUT2D eigenvalue weighted by atomic mass is 16.5. The van der Waals surface area contributed by atoms with Gasteiger partial charge in [-0.15, -0.1) is 0 Å². The smallest absolute Gasteiger partial charge is 0.256 e. The van der Waals surface area contributed by atoms with E-state index in [4.69, 9.17) is 9.47 Å². The van der Waals surface area contributed by atoms with Crippen LogP contribution in [0.15, 0.2) is 12.1 Å². The van der Waals surface area contributed by atoms with Crippen molar-refractivity contribution < 1.29 is 14.3 Å². The van der Waals surface area contributed by atoms with Crippen molar-refractivity contribution >= 4 is 11.6 Å². The van der Waals surface area contributed by atoms with Crippen LogP contribution in [-0.2, 0) is 9.53 Å². The van der Waals surface area contributed by atoms with Gasteiger partial charge in [0.15, 0.2) is 0 Å². The SMILES string of the molecule is CCOc1ccc(NC(=O)[C@](C)(CC(C)C)OCC)c(C)n1. The van der Waals surface area contributed by atoms with Gasteiger partial charge < -0.3 is 14.8 Å². The van der Waals surface area contributed by atoms with Gasteiger partial charge in [-0.25, -0.2) is 4.98 Å². The fourth-order valence-electron chi connectivity index (χ4n) is 2.47. The minimum absolute atomic E-state index is 0.142. The van der Waals surface area contributed by atoms with Gasteiger partial charge in [-0.3, -0.25) is 4.79 Å². The molecule has 0 aliphatic rings. The van der Waals surface area contributed by atoms with Crippen molar-refractivity contribution in [3.8, 4) is 5.88 Å². The molecule has 0 spiro atoms. The van der Waals surface area contributed by atoms with Crippen LogP contribution >= 0.6 is 0 Å². The zero-order chi connectivity index (χ0) is 16.8. The molecule has 0 bridgehead atoms. The van der Waals surface area contributed by atoms with Gasteiger partial charge in [0.2, 0.25) is 5.88 Å². The first-order valence-electron chi connectivity index (χ1n) is 7.88. The van der Waals surface area contributed by atoms with Crippen molar-refractivity contribution in [3.63, 3.8) is 0 Å². The number of ether oxygens (including phenoxy) is 2. The molecule has 1 amide bonds. The average molecular weight is 308 g/mol. The fourth-order valence-corrected chi connectivity index (χ4v) is 2.47. The Morgan fingerprint density at radius 1 is 1.32 bits per heavy atom. The summed E-state index contributed by atoms with van der Waals surface area (Å²) in [6.07, 6.45) is 0.663. The lowest BCUT2D eigenvalue weighted by molar-refractivity contribution is -0.140. The summed E-state index contributed by atoms with van der Waals surface area (Å²) in [6.45, 7) is 12.7. The summed E-state index contributed by atoms with van der Waals surface area (Å²) in [4.78, 5) is 17.0. The van der Waals surface area contributed by atoms with Crippen molar-refractivity contribution in [3.05, 3.63) is 17.8 Å². The number of aromatic nitrogens is 1.